The van der Waals surface area contributed by atoms with E-state index < -0.39 is 0 Å². The average molecular weight is 241 g/mol. The Labute approximate surface area is 85.3 Å². The van der Waals surface area contributed by atoms with Crippen molar-refractivity contribution in [2.45, 2.75) is 27.7 Å². The first-order chi connectivity index (χ1) is 4.52. The summed E-state index contributed by atoms with van der Waals surface area (Å²) in [5, 5.41) is 0. The lowest BCUT2D eigenvalue weighted by atomic mass is 10.3. The van der Waals surface area contributed by atoms with Gasteiger partial charge in [0.2, 0.25) is 0 Å². The minimum Gasteiger partial charge on any atom is -1.00 e. The van der Waals surface area contributed by atoms with Crippen LogP contribution in [0.4, 0.5) is 0 Å². The average Bonchev–Trinajstić information content (AvgIpc) is 1.58. The summed E-state index contributed by atoms with van der Waals surface area (Å²) in [6.07, 6.45) is 2.39. The van der Waals surface area contributed by atoms with E-state index in [1.54, 1.807) is 0 Å². The van der Waals surface area contributed by atoms with Gasteiger partial charge in [0.05, 0.1) is 6.26 Å². The van der Waals surface area contributed by atoms with Gasteiger partial charge in [-0.2, -0.15) is 0 Å². The Morgan fingerprint density at radius 2 is 1.18 bits per heavy atom. The first kappa shape index (κ1) is 14.4. The molecule has 70 valence electrons. The van der Waals surface area contributed by atoms with E-state index >= 15 is 0 Å². The molecule has 0 unspecified atom stereocenters. The lowest BCUT2D eigenvalue weighted by Crippen LogP contribution is -3.00. The molecule has 0 spiro atoms. The van der Waals surface area contributed by atoms with Gasteiger partial charge >= 0.3 is 0 Å². The van der Waals surface area contributed by atoms with Crippen molar-refractivity contribution in [1.29, 1.82) is 0 Å². The molecule has 0 aromatic carbocycles. The van der Waals surface area contributed by atoms with E-state index in [2.05, 4.69) is 34.0 Å². The Kier molecular flexibility index (Phi) is 9.76. The van der Waals surface area contributed by atoms with Crippen molar-refractivity contribution in [3.63, 3.8) is 0 Å². The van der Waals surface area contributed by atoms with Crippen molar-refractivity contribution in [3.8, 4) is 0 Å². The Balaban J connectivity index is 0. The molecular weight excluding hydrogens is 220 g/mol. The van der Waals surface area contributed by atoms with Crippen LogP contribution in [-0.2, 0) is 10.9 Å². The molecule has 0 radical (unpaired) electrons. The van der Waals surface area contributed by atoms with Crippen molar-refractivity contribution in [1.82, 2.24) is 0 Å². The molecule has 0 aromatic heterocycles. The van der Waals surface area contributed by atoms with Gasteiger partial charge in [0.25, 0.3) is 0 Å². The van der Waals surface area contributed by atoms with E-state index in [0.29, 0.717) is 10.9 Å². The fraction of sp³-hybridized carbons (Fsp3) is 1.00. The quantitative estimate of drug-likeness (QED) is 0.585. The molecule has 0 N–H and O–H groups in total. The van der Waals surface area contributed by atoms with Gasteiger partial charge in [-0.1, -0.05) is 27.7 Å². The van der Waals surface area contributed by atoms with Crippen LogP contribution in [0.5, 0.6) is 0 Å². The molecule has 0 heterocycles. The Morgan fingerprint density at radius 1 is 0.909 bits per heavy atom. The second-order valence-corrected chi connectivity index (χ2v) is 6.13. The van der Waals surface area contributed by atoms with Crippen molar-refractivity contribution in [2.24, 2.45) is 11.8 Å². The number of hydrogen-bond acceptors (Lipinski definition) is 0. The van der Waals surface area contributed by atoms with Gasteiger partial charge in [0.1, 0.15) is 11.5 Å². The molecule has 0 nitrogen and oxygen atoms in total. The number of hydrogen-bond donors (Lipinski definition) is 0. The molecule has 0 bridgehead atoms. The van der Waals surface area contributed by atoms with Crippen LogP contribution in [0.2, 0.25) is 0 Å². The van der Waals surface area contributed by atoms with Crippen molar-refractivity contribution in [2.75, 3.05) is 17.8 Å². The van der Waals surface area contributed by atoms with Crippen LogP contribution in [0.3, 0.4) is 0 Å². The van der Waals surface area contributed by atoms with Gasteiger partial charge in [-0.05, 0) is 22.7 Å². The topological polar surface area (TPSA) is 0 Å². The van der Waals surface area contributed by atoms with Crippen LogP contribution < -0.4 is 17.0 Å². The van der Waals surface area contributed by atoms with Crippen LogP contribution in [0, 0.1) is 11.8 Å². The standard InChI is InChI=1S/C9H21S.BrH/c1-8(2)6-10(5)7-9(3)4;/h8-9H,6-7H2,1-5H3;1H/q+1;/p-1. The zero-order chi connectivity index (χ0) is 8.15. The molecule has 0 rings (SSSR count). The maximum atomic E-state index is 2.39. The largest absolute Gasteiger partial charge is 1.00 e. The molecule has 0 saturated heterocycles. The summed E-state index contributed by atoms with van der Waals surface area (Å²) in [7, 11) is 0.670. The zero-order valence-electron chi connectivity index (χ0n) is 8.36. The predicted octanol–water partition coefficient (Wildman–Crippen LogP) is -0.449. The summed E-state index contributed by atoms with van der Waals surface area (Å²) in [5.41, 5.74) is 0. The first-order valence-electron chi connectivity index (χ1n) is 4.11. The van der Waals surface area contributed by atoms with Gasteiger partial charge in [-0.15, -0.1) is 0 Å². The van der Waals surface area contributed by atoms with Crippen LogP contribution >= 0.6 is 0 Å². The smallest absolute Gasteiger partial charge is 0.110 e. The maximum Gasteiger partial charge on any atom is 0.110 e. The summed E-state index contributed by atoms with van der Waals surface area (Å²) in [4.78, 5) is 0. The first-order valence-corrected chi connectivity index (χ1v) is 6.08. The lowest BCUT2D eigenvalue weighted by molar-refractivity contribution is -0.00000273. The van der Waals surface area contributed by atoms with E-state index in [1.165, 1.54) is 11.5 Å². The molecule has 2 heteroatoms. The van der Waals surface area contributed by atoms with Gasteiger partial charge in [-0.3, -0.25) is 0 Å². The zero-order valence-corrected chi connectivity index (χ0v) is 10.8. The van der Waals surface area contributed by atoms with Crippen LogP contribution in [-0.4, -0.2) is 17.8 Å². The molecule has 0 aliphatic heterocycles. The van der Waals surface area contributed by atoms with E-state index in [-0.39, 0.29) is 17.0 Å². The Bertz CT molecular complexity index is 71.6. The third-order valence-electron chi connectivity index (χ3n) is 1.24. The maximum absolute atomic E-state index is 2.39. The highest BCUT2D eigenvalue weighted by Gasteiger charge is 2.14. The monoisotopic (exact) mass is 240 g/mol. The van der Waals surface area contributed by atoms with Crippen molar-refractivity contribution < 1.29 is 17.0 Å². The molecule has 0 aliphatic rings. The summed E-state index contributed by atoms with van der Waals surface area (Å²) in [6, 6.07) is 0. The predicted molar refractivity (Wildman–Crippen MR) is 52.7 cm³/mol. The second kappa shape index (κ2) is 7.48. The highest BCUT2D eigenvalue weighted by molar-refractivity contribution is 7.96. The van der Waals surface area contributed by atoms with E-state index in [0.717, 1.165) is 11.8 Å². The van der Waals surface area contributed by atoms with Crippen LogP contribution in [0.15, 0.2) is 0 Å². The van der Waals surface area contributed by atoms with Crippen molar-refractivity contribution >= 4 is 10.9 Å². The summed E-state index contributed by atoms with van der Waals surface area (Å²) < 4.78 is 0. The van der Waals surface area contributed by atoms with Gasteiger partial charge in [-0.25, -0.2) is 0 Å². The number of halogens is 1. The molecule has 0 fully saturated rings. The van der Waals surface area contributed by atoms with E-state index in [4.69, 9.17) is 0 Å². The van der Waals surface area contributed by atoms with Crippen molar-refractivity contribution in [3.05, 3.63) is 0 Å². The molecule has 0 aromatic rings. The molecular formula is C9H21BrS. The fourth-order valence-electron chi connectivity index (χ4n) is 1.21. The molecule has 11 heavy (non-hydrogen) atoms. The third-order valence-corrected chi connectivity index (χ3v) is 3.71. The van der Waals surface area contributed by atoms with Gasteiger partial charge < -0.3 is 17.0 Å². The highest BCUT2D eigenvalue weighted by atomic mass is 79.9. The van der Waals surface area contributed by atoms with E-state index in [9.17, 15) is 0 Å². The fourth-order valence-corrected chi connectivity index (χ4v) is 3.62. The minimum atomic E-state index is 0. The summed E-state index contributed by atoms with van der Waals surface area (Å²) >= 11 is 0. The van der Waals surface area contributed by atoms with Gasteiger partial charge in [0, 0.05) is 0 Å². The summed E-state index contributed by atoms with van der Waals surface area (Å²) in [6.45, 7) is 9.24. The van der Waals surface area contributed by atoms with E-state index in [1.807, 2.05) is 0 Å². The van der Waals surface area contributed by atoms with Crippen LogP contribution in [0.25, 0.3) is 0 Å². The number of rotatable bonds is 4. The SMILES string of the molecule is CC(C)C[S+](C)CC(C)C.[Br-]. The lowest BCUT2D eigenvalue weighted by Gasteiger charge is -2.07. The molecule has 0 aliphatic carbocycles. The Hall–Kier alpha value is 0.830. The van der Waals surface area contributed by atoms with Crippen LogP contribution in [0.1, 0.15) is 27.7 Å². The molecule has 0 amide bonds. The third kappa shape index (κ3) is 10.8. The minimum absolute atomic E-state index is 0. The molecule has 0 saturated carbocycles. The highest BCUT2D eigenvalue weighted by Crippen LogP contribution is 2.05. The summed E-state index contributed by atoms with van der Waals surface area (Å²) in [5.74, 6) is 4.59. The Morgan fingerprint density at radius 3 is 1.36 bits per heavy atom. The normalized spacial score (nSPS) is 10.9. The van der Waals surface area contributed by atoms with Gasteiger partial charge in [0.15, 0.2) is 0 Å². The second-order valence-electron chi connectivity index (χ2n) is 3.90. The molecule has 0 atom stereocenters.